The Hall–Kier alpha value is -2.30. The van der Waals surface area contributed by atoms with Gasteiger partial charge in [-0.1, -0.05) is 36.2 Å². The van der Waals surface area contributed by atoms with Gasteiger partial charge in [-0.3, -0.25) is 4.90 Å². The minimum atomic E-state index is -0.173. The third kappa shape index (κ3) is 3.34. The number of aryl methyl sites for hydroxylation is 2. The monoisotopic (exact) mass is 409 g/mol. The lowest BCUT2D eigenvalue weighted by Crippen LogP contribution is -2.32. The Balaban J connectivity index is 1.57. The fourth-order valence-corrected chi connectivity index (χ4v) is 4.89. The molecular formula is C24H24ClNO3. The summed E-state index contributed by atoms with van der Waals surface area (Å²) in [5, 5.41) is 1.86. The minimum absolute atomic E-state index is 0.173. The van der Waals surface area contributed by atoms with Gasteiger partial charge in [0, 0.05) is 40.2 Å². The van der Waals surface area contributed by atoms with E-state index in [9.17, 15) is 4.79 Å². The molecule has 0 saturated heterocycles. The second kappa shape index (κ2) is 7.51. The highest BCUT2D eigenvalue weighted by molar-refractivity contribution is 6.31. The molecule has 0 radical (unpaired) electrons. The second-order valence-electron chi connectivity index (χ2n) is 8.13. The molecule has 2 aliphatic rings. The van der Waals surface area contributed by atoms with Crippen LogP contribution in [0.1, 0.15) is 47.1 Å². The Bertz CT molecular complexity index is 1150. The van der Waals surface area contributed by atoms with Crippen LogP contribution in [0.2, 0.25) is 5.02 Å². The highest BCUT2D eigenvalue weighted by Crippen LogP contribution is 2.38. The van der Waals surface area contributed by atoms with Crippen molar-refractivity contribution in [3.05, 3.63) is 73.6 Å². The average Bonchev–Trinajstić information content (AvgIpc) is 2.98. The SMILES string of the molecule is Cc1c2c(cc3c4c(c(=O)oc13)CCCCC4)CN(Cc1ccccc1Cl)CO2. The van der Waals surface area contributed by atoms with Gasteiger partial charge < -0.3 is 9.15 Å². The Morgan fingerprint density at radius 3 is 2.72 bits per heavy atom. The smallest absolute Gasteiger partial charge is 0.339 e. The molecule has 0 saturated carbocycles. The molecule has 3 aromatic rings. The van der Waals surface area contributed by atoms with E-state index in [1.54, 1.807) is 0 Å². The summed E-state index contributed by atoms with van der Waals surface area (Å²) in [6.07, 6.45) is 5.10. The first-order valence-corrected chi connectivity index (χ1v) is 10.7. The summed E-state index contributed by atoms with van der Waals surface area (Å²) in [5.41, 5.74) is 5.75. The maximum absolute atomic E-state index is 12.6. The third-order valence-corrected chi connectivity index (χ3v) is 6.53. The van der Waals surface area contributed by atoms with Crippen molar-refractivity contribution in [3.8, 4) is 5.75 Å². The van der Waals surface area contributed by atoms with E-state index in [0.29, 0.717) is 12.3 Å². The summed E-state index contributed by atoms with van der Waals surface area (Å²) < 4.78 is 11.9. The van der Waals surface area contributed by atoms with Crippen LogP contribution in [0.4, 0.5) is 0 Å². The van der Waals surface area contributed by atoms with Crippen LogP contribution in [-0.2, 0) is 25.9 Å². The summed E-state index contributed by atoms with van der Waals surface area (Å²) in [6, 6.07) is 10.1. The zero-order valence-electron chi connectivity index (χ0n) is 16.6. The van der Waals surface area contributed by atoms with Gasteiger partial charge in [-0.25, -0.2) is 4.79 Å². The quantitative estimate of drug-likeness (QED) is 0.421. The number of nitrogens with zero attached hydrogens (tertiary/aromatic N) is 1. The molecule has 0 atom stereocenters. The second-order valence-corrected chi connectivity index (χ2v) is 8.53. The van der Waals surface area contributed by atoms with Gasteiger partial charge >= 0.3 is 5.63 Å². The molecule has 5 rings (SSSR count). The Kier molecular flexibility index (Phi) is 4.84. The van der Waals surface area contributed by atoms with Crippen molar-refractivity contribution < 1.29 is 9.15 Å². The van der Waals surface area contributed by atoms with Crippen LogP contribution in [0, 0.1) is 6.92 Å². The van der Waals surface area contributed by atoms with Crippen LogP contribution in [-0.4, -0.2) is 11.6 Å². The van der Waals surface area contributed by atoms with Crippen molar-refractivity contribution in [2.24, 2.45) is 0 Å². The van der Waals surface area contributed by atoms with Crippen LogP contribution in [0.5, 0.6) is 5.75 Å². The van der Waals surface area contributed by atoms with E-state index in [1.807, 2.05) is 25.1 Å². The number of halogens is 1. The number of benzene rings is 2. The van der Waals surface area contributed by atoms with Crippen LogP contribution >= 0.6 is 11.6 Å². The fourth-order valence-electron chi connectivity index (χ4n) is 4.70. The van der Waals surface area contributed by atoms with Crippen molar-refractivity contribution in [1.82, 2.24) is 4.90 Å². The van der Waals surface area contributed by atoms with Crippen LogP contribution in [0.25, 0.3) is 11.0 Å². The molecule has 2 aromatic carbocycles. The lowest BCUT2D eigenvalue weighted by molar-refractivity contribution is 0.0881. The Morgan fingerprint density at radius 2 is 1.90 bits per heavy atom. The zero-order valence-corrected chi connectivity index (χ0v) is 17.3. The molecule has 0 N–H and O–H groups in total. The van der Waals surface area contributed by atoms with Gasteiger partial charge in [-0.2, -0.15) is 0 Å². The van der Waals surface area contributed by atoms with Crippen LogP contribution in [0.15, 0.2) is 39.5 Å². The number of ether oxygens (including phenoxy) is 1. The topological polar surface area (TPSA) is 42.7 Å². The Morgan fingerprint density at radius 1 is 1.10 bits per heavy atom. The molecule has 1 aromatic heterocycles. The molecule has 2 heterocycles. The van der Waals surface area contributed by atoms with E-state index in [2.05, 4.69) is 17.0 Å². The predicted octanol–water partition coefficient (Wildman–Crippen LogP) is 5.38. The van der Waals surface area contributed by atoms with E-state index in [4.69, 9.17) is 20.8 Å². The molecule has 0 unspecified atom stereocenters. The maximum atomic E-state index is 12.6. The van der Waals surface area contributed by atoms with E-state index in [1.165, 1.54) is 5.56 Å². The Labute approximate surface area is 175 Å². The van der Waals surface area contributed by atoms with Crippen molar-refractivity contribution in [2.75, 3.05) is 6.73 Å². The van der Waals surface area contributed by atoms with Gasteiger partial charge in [0.25, 0.3) is 0 Å². The largest absolute Gasteiger partial charge is 0.477 e. The van der Waals surface area contributed by atoms with Crippen molar-refractivity contribution in [1.29, 1.82) is 0 Å². The summed E-state index contributed by atoms with van der Waals surface area (Å²) >= 11 is 6.35. The molecule has 1 aliphatic heterocycles. The van der Waals surface area contributed by atoms with Gasteiger partial charge in [0.2, 0.25) is 0 Å². The lowest BCUT2D eigenvalue weighted by Gasteiger charge is -2.30. The fraction of sp³-hybridized carbons (Fsp3) is 0.375. The third-order valence-electron chi connectivity index (χ3n) is 6.16. The van der Waals surface area contributed by atoms with Crippen LogP contribution in [0.3, 0.4) is 0 Å². The van der Waals surface area contributed by atoms with E-state index in [-0.39, 0.29) is 5.63 Å². The molecule has 1 aliphatic carbocycles. The van der Waals surface area contributed by atoms with E-state index < -0.39 is 0 Å². The number of hydrogen-bond donors (Lipinski definition) is 0. The minimum Gasteiger partial charge on any atom is -0.477 e. The van der Waals surface area contributed by atoms with Crippen molar-refractivity contribution >= 4 is 22.6 Å². The summed E-state index contributed by atoms with van der Waals surface area (Å²) in [6.45, 7) is 4.00. The van der Waals surface area contributed by atoms with Crippen molar-refractivity contribution in [2.45, 2.75) is 52.1 Å². The zero-order chi connectivity index (χ0) is 20.0. The molecule has 0 fully saturated rings. The van der Waals surface area contributed by atoms with E-state index >= 15 is 0 Å². The van der Waals surface area contributed by atoms with E-state index in [0.717, 1.165) is 83.6 Å². The first-order valence-electron chi connectivity index (χ1n) is 10.3. The maximum Gasteiger partial charge on any atom is 0.339 e. The number of fused-ring (bicyclic) bond motifs is 4. The molecule has 29 heavy (non-hydrogen) atoms. The number of rotatable bonds is 2. The van der Waals surface area contributed by atoms with Crippen molar-refractivity contribution in [3.63, 3.8) is 0 Å². The normalized spacial score (nSPS) is 16.8. The molecule has 5 heteroatoms. The van der Waals surface area contributed by atoms with Gasteiger partial charge in [0.05, 0.1) is 0 Å². The molecule has 150 valence electrons. The predicted molar refractivity (Wildman–Crippen MR) is 115 cm³/mol. The first-order chi connectivity index (χ1) is 14.1. The molecule has 0 spiro atoms. The lowest BCUT2D eigenvalue weighted by atomic mass is 9.95. The highest BCUT2D eigenvalue weighted by atomic mass is 35.5. The summed E-state index contributed by atoms with van der Waals surface area (Å²) in [5.74, 6) is 0.852. The van der Waals surface area contributed by atoms with Gasteiger partial charge in [-0.05, 0) is 55.9 Å². The summed E-state index contributed by atoms with van der Waals surface area (Å²) in [4.78, 5) is 14.9. The average molecular weight is 410 g/mol. The molecule has 0 bridgehead atoms. The summed E-state index contributed by atoms with van der Waals surface area (Å²) in [7, 11) is 0. The molecular weight excluding hydrogens is 386 g/mol. The highest BCUT2D eigenvalue weighted by Gasteiger charge is 2.25. The van der Waals surface area contributed by atoms with Gasteiger partial charge in [0.1, 0.15) is 18.1 Å². The molecule has 0 amide bonds. The van der Waals surface area contributed by atoms with Gasteiger partial charge in [0.15, 0.2) is 0 Å². The van der Waals surface area contributed by atoms with Crippen LogP contribution < -0.4 is 10.4 Å². The number of hydrogen-bond acceptors (Lipinski definition) is 4. The first kappa shape index (κ1) is 18.7. The molecule has 4 nitrogen and oxygen atoms in total. The standard InChI is InChI=1S/C24H24ClNO3/c1-15-22-17(13-26(14-28-22)12-16-7-5-6-10-21(16)25)11-20-18-8-3-2-4-9-19(18)24(27)29-23(15)20/h5-7,10-11H,2-4,8-9,12-14H2,1H3. The van der Waals surface area contributed by atoms with Gasteiger partial charge in [-0.15, -0.1) is 0 Å².